The summed E-state index contributed by atoms with van der Waals surface area (Å²) in [6, 6.07) is 0. The first-order valence-electron chi connectivity index (χ1n) is 5.34. The topological polar surface area (TPSA) is 21.3 Å². The zero-order valence-corrected chi connectivity index (χ0v) is 8.94. The summed E-state index contributed by atoms with van der Waals surface area (Å²) in [5, 5.41) is 3.19. The van der Waals surface area contributed by atoms with E-state index in [4.69, 9.17) is 0 Å². The van der Waals surface area contributed by atoms with Gasteiger partial charge in [-0.05, 0) is 44.7 Å². The number of hydrogen-bond acceptors (Lipinski definition) is 2. The second kappa shape index (κ2) is 5.70. The molecule has 2 unspecified atom stereocenters. The molecule has 0 spiro atoms. The minimum absolute atomic E-state index is 0.0757. The molecule has 15 heavy (non-hydrogen) atoms. The van der Waals surface area contributed by atoms with Crippen LogP contribution >= 0.6 is 0 Å². The Balaban J connectivity index is 2.27. The Kier molecular flexibility index (Phi) is 4.86. The van der Waals surface area contributed by atoms with Crippen molar-refractivity contribution in [2.24, 2.45) is 5.92 Å². The van der Waals surface area contributed by atoms with Gasteiger partial charge in [0.2, 0.25) is 0 Å². The Morgan fingerprint density at radius 2 is 2.20 bits per heavy atom. The number of halogens is 3. The fourth-order valence-corrected chi connectivity index (χ4v) is 1.97. The van der Waals surface area contributed by atoms with E-state index in [-0.39, 0.29) is 6.42 Å². The van der Waals surface area contributed by atoms with Gasteiger partial charge in [0.25, 0.3) is 0 Å². The van der Waals surface area contributed by atoms with Crippen LogP contribution in [-0.4, -0.2) is 32.5 Å². The average Bonchev–Trinajstić information content (AvgIpc) is 2.18. The minimum Gasteiger partial charge on any atom is -0.372 e. The van der Waals surface area contributed by atoms with E-state index < -0.39 is 12.3 Å². The summed E-state index contributed by atoms with van der Waals surface area (Å²) >= 11 is 0. The van der Waals surface area contributed by atoms with Crippen molar-refractivity contribution in [3.63, 3.8) is 0 Å². The van der Waals surface area contributed by atoms with E-state index in [1.165, 1.54) is 0 Å². The molecule has 1 saturated heterocycles. The zero-order valence-electron chi connectivity index (χ0n) is 8.94. The lowest BCUT2D eigenvalue weighted by Crippen LogP contribution is -2.34. The molecule has 0 radical (unpaired) electrons. The molecule has 2 nitrogen and oxygen atoms in total. The molecule has 1 heterocycles. The number of methoxy groups -OCH3 is 1. The first kappa shape index (κ1) is 12.8. The third-order valence-corrected chi connectivity index (χ3v) is 2.89. The number of ether oxygens (including phenoxy) is 1. The summed E-state index contributed by atoms with van der Waals surface area (Å²) in [4.78, 5) is 0. The summed E-state index contributed by atoms with van der Waals surface area (Å²) in [5.74, 6) is 0.374. The Bertz CT molecular complexity index is 178. The van der Waals surface area contributed by atoms with E-state index in [2.05, 4.69) is 10.1 Å². The highest BCUT2D eigenvalue weighted by molar-refractivity contribution is 4.73. The largest absolute Gasteiger partial charge is 0.414 e. The molecule has 2 atom stereocenters. The van der Waals surface area contributed by atoms with Gasteiger partial charge in [-0.1, -0.05) is 0 Å². The molecule has 5 heteroatoms. The van der Waals surface area contributed by atoms with Crippen LogP contribution in [0.5, 0.6) is 0 Å². The SMILES string of the molecule is COC(CCC1CCCNC1)C(F)(F)F. The molecular formula is C10H18F3NO. The Hall–Kier alpha value is -0.290. The molecule has 1 rings (SSSR count). The van der Waals surface area contributed by atoms with Crippen LogP contribution in [0.15, 0.2) is 0 Å². The fourth-order valence-electron chi connectivity index (χ4n) is 1.97. The van der Waals surface area contributed by atoms with E-state index in [1.807, 2.05) is 0 Å². The van der Waals surface area contributed by atoms with Crippen LogP contribution in [0.3, 0.4) is 0 Å². The second-order valence-electron chi connectivity index (χ2n) is 4.06. The molecule has 1 aliphatic heterocycles. The van der Waals surface area contributed by atoms with Crippen LogP contribution in [0.2, 0.25) is 0 Å². The number of rotatable bonds is 4. The maximum atomic E-state index is 12.3. The van der Waals surface area contributed by atoms with E-state index in [1.54, 1.807) is 0 Å². The summed E-state index contributed by atoms with van der Waals surface area (Å²) in [6.07, 6.45) is -3.07. The molecule has 0 saturated carbocycles. The molecule has 0 aromatic rings. The minimum atomic E-state index is -4.23. The predicted octanol–water partition coefficient (Wildman–Crippen LogP) is 2.34. The van der Waals surface area contributed by atoms with Crippen molar-refractivity contribution in [1.29, 1.82) is 0 Å². The fraction of sp³-hybridized carbons (Fsp3) is 1.00. The first-order valence-corrected chi connectivity index (χ1v) is 5.34. The van der Waals surface area contributed by atoms with Gasteiger partial charge in [0.05, 0.1) is 0 Å². The van der Waals surface area contributed by atoms with E-state index in [0.29, 0.717) is 12.3 Å². The van der Waals surface area contributed by atoms with Gasteiger partial charge < -0.3 is 10.1 Å². The molecule has 0 aromatic heterocycles. The van der Waals surface area contributed by atoms with Gasteiger partial charge in [0.1, 0.15) is 0 Å². The predicted molar refractivity (Wildman–Crippen MR) is 51.7 cm³/mol. The van der Waals surface area contributed by atoms with Gasteiger partial charge in [-0.2, -0.15) is 13.2 Å². The summed E-state index contributed by atoms with van der Waals surface area (Å²) in [7, 11) is 1.12. The Morgan fingerprint density at radius 3 is 2.67 bits per heavy atom. The maximum Gasteiger partial charge on any atom is 0.414 e. The third-order valence-electron chi connectivity index (χ3n) is 2.89. The van der Waals surface area contributed by atoms with Crippen LogP contribution in [-0.2, 0) is 4.74 Å². The summed E-state index contributed by atoms with van der Waals surface area (Å²) in [6.45, 7) is 1.83. The summed E-state index contributed by atoms with van der Waals surface area (Å²) < 4.78 is 41.5. The van der Waals surface area contributed by atoms with Crippen molar-refractivity contribution in [2.45, 2.75) is 38.0 Å². The first-order chi connectivity index (χ1) is 7.04. The lowest BCUT2D eigenvalue weighted by atomic mass is 9.93. The zero-order chi connectivity index (χ0) is 11.3. The average molecular weight is 225 g/mol. The highest BCUT2D eigenvalue weighted by atomic mass is 19.4. The molecule has 1 aliphatic rings. The van der Waals surface area contributed by atoms with Gasteiger partial charge in [-0.15, -0.1) is 0 Å². The van der Waals surface area contributed by atoms with Crippen molar-refractivity contribution in [3.8, 4) is 0 Å². The van der Waals surface area contributed by atoms with Crippen LogP contribution in [0.1, 0.15) is 25.7 Å². The molecular weight excluding hydrogens is 207 g/mol. The third kappa shape index (κ3) is 4.38. The Morgan fingerprint density at radius 1 is 1.47 bits per heavy atom. The molecule has 90 valence electrons. The lowest BCUT2D eigenvalue weighted by Gasteiger charge is -2.25. The van der Waals surface area contributed by atoms with Crippen LogP contribution in [0.4, 0.5) is 13.2 Å². The van der Waals surface area contributed by atoms with Gasteiger partial charge in [0.15, 0.2) is 6.10 Å². The normalized spacial score (nSPS) is 25.2. The van der Waals surface area contributed by atoms with Crippen LogP contribution < -0.4 is 5.32 Å². The molecule has 0 aromatic carbocycles. The van der Waals surface area contributed by atoms with Gasteiger partial charge in [-0.3, -0.25) is 0 Å². The van der Waals surface area contributed by atoms with Crippen molar-refractivity contribution in [1.82, 2.24) is 5.32 Å². The van der Waals surface area contributed by atoms with Gasteiger partial charge >= 0.3 is 6.18 Å². The van der Waals surface area contributed by atoms with Crippen LogP contribution in [0.25, 0.3) is 0 Å². The maximum absolute atomic E-state index is 12.3. The van der Waals surface area contributed by atoms with Gasteiger partial charge in [0, 0.05) is 7.11 Å². The number of alkyl halides is 3. The number of piperidine rings is 1. The molecule has 0 bridgehead atoms. The van der Waals surface area contributed by atoms with E-state index >= 15 is 0 Å². The molecule has 1 fully saturated rings. The quantitative estimate of drug-likeness (QED) is 0.793. The standard InChI is InChI=1S/C10H18F3NO/c1-15-9(10(11,12)13)5-4-8-3-2-6-14-7-8/h8-9,14H,2-7H2,1H3. The van der Waals surface area contributed by atoms with Crippen molar-refractivity contribution >= 4 is 0 Å². The van der Waals surface area contributed by atoms with Crippen LogP contribution in [0, 0.1) is 5.92 Å². The smallest absolute Gasteiger partial charge is 0.372 e. The summed E-state index contributed by atoms with van der Waals surface area (Å²) in [5.41, 5.74) is 0. The highest BCUT2D eigenvalue weighted by Crippen LogP contribution is 2.28. The second-order valence-corrected chi connectivity index (χ2v) is 4.06. The van der Waals surface area contributed by atoms with E-state index in [9.17, 15) is 13.2 Å². The van der Waals surface area contributed by atoms with E-state index in [0.717, 1.165) is 33.0 Å². The highest BCUT2D eigenvalue weighted by Gasteiger charge is 2.39. The number of nitrogens with one attached hydrogen (secondary N) is 1. The van der Waals surface area contributed by atoms with Crippen molar-refractivity contribution in [3.05, 3.63) is 0 Å². The van der Waals surface area contributed by atoms with Gasteiger partial charge in [-0.25, -0.2) is 0 Å². The van der Waals surface area contributed by atoms with Crippen molar-refractivity contribution in [2.75, 3.05) is 20.2 Å². The molecule has 1 N–H and O–H groups in total. The Labute approximate surface area is 88.2 Å². The molecule has 0 aliphatic carbocycles. The van der Waals surface area contributed by atoms with Crippen molar-refractivity contribution < 1.29 is 17.9 Å². The number of hydrogen-bond donors (Lipinski definition) is 1. The lowest BCUT2D eigenvalue weighted by molar-refractivity contribution is -0.215. The monoisotopic (exact) mass is 225 g/mol. The molecule has 0 amide bonds.